The van der Waals surface area contributed by atoms with Crippen molar-refractivity contribution in [2.75, 3.05) is 19.2 Å². The number of methoxy groups -OCH3 is 2. The van der Waals surface area contributed by atoms with Crippen LogP contribution >= 0.6 is 11.6 Å². The Morgan fingerprint density at radius 2 is 1.68 bits per heavy atom. The highest BCUT2D eigenvalue weighted by Crippen LogP contribution is 2.34. The molecule has 2 aromatic rings. The number of benzene rings is 2. The van der Waals surface area contributed by atoms with Crippen molar-refractivity contribution in [1.82, 2.24) is 5.43 Å². The van der Waals surface area contributed by atoms with E-state index >= 15 is 0 Å². The van der Waals surface area contributed by atoms with Crippen molar-refractivity contribution in [2.24, 2.45) is 0 Å². The number of ether oxygens (including phenoxy) is 2. The van der Waals surface area contributed by atoms with Gasteiger partial charge in [-0.15, -0.1) is 0 Å². The number of carbonyl (C=O) groups excluding carboxylic acids is 2. The van der Waals surface area contributed by atoms with Crippen molar-refractivity contribution in [3.63, 3.8) is 0 Å². The van der Waals surface area contributed by atoms with Gasteiger partial charge in [-0.1, -0.05) is 29.8 Å². The molecule has 7 heteroatoms. The number of nitrogens with zero attached hydrogens (tertiary/aromatic N) is 1. The van der Waals surface area contributed by atoms with Crippen molar-refractivity contribution in [1.29, 1.82) is 0 Å². The molecule has 1 N–H and O–H groups in total. The molecule has 0 spiro atoms. The minimum Gasteiger partial charge on any atom is -0.493 e. The molecule has 0 aromatic heterocycles. The van der Waals surface area contributed by atoms with Crippen LogP contribution in [0.4, 0.5) is 5.69 Å². The summed E-state index contributed by atoms with van der Waals surface area (Å²) in [6, 6.07) is 12.0. The number of hydrogen-bond donors (Lipinski definition) is 1. The number of carbonyl (C=O) groups is 2. The van der Waals surface area contributed by atoms with E-state index in [4.69, 9.17) is 21.1 Å². The van der Waals surface area contributed by atoms with Gasteiger partial charge in [-0.05, 0) is 29.8 Å². The average Bonchev–Trinajstić information content (AvgIpc) is 2.91. The highest BCUT2D eigenvalue weighted by molar-refractivity contribution is 6.34. The van der Waals surface area contributed by atoms with Crippen molar-refractivity contribution >= 4 is 35.2 Å². The molecule has 2 aromatic carbocycles. The fraction of sp³-hybridized carbons (Fsp3) is 0.111. The summed E-state index contributed by atoms with van der Waals surface area (Å²) in [5.74, 6) is -0.0472. The molecule has 2 amide bonds. The standard InChI is InChI=1S/C18H15ClN2O4/c1-24-15-9-11(14(19)10-16(15)25-2)8-13-17(22)20-21(18(13)23)12-6-4-3-5-7-12/h3-10H,1-2H3,(H,20,22)/b13-8-. The van der Waals surface area contributed by atoms with E-state index in [-0.39, 0.29) is 5.57 Å². The summed E-state index contributed by atoms with van der Waals surface area (Å²) < 4.78 is 10.4. The number of halogens is 1. The van der Waals surface area contributed by atoms with Gasteiger partial charge >= 0.3 is 0 Å². The number of hydrogen-bond acceptors (Lipinski definition) is 4. The van der Waals surface area contributed by atoms with Crippen molar-refractivity contribution in [2.45, 2.75) is 0 Å². The quantitative estimate of drug-likeness (QED) is 0.674. The Hall–Kier alpha value is -2.99. The molecule has 1 aliphatic rings. The monoisotopic (exact) mass is 358 g/mol. The van der Waals surface area contributed by atoms with Crippen LogP contribution in [0.25, 0.3) is 6.08 Å². The largest absolute Gasteiger partial charge is 0.493 e. The van der Waals surface area contributed by atoms with Gasteiger partial charge in [0.05, 0.1) is 24.9 Å². The first kappa shape index (κ1) is 16.9. The van der Waals surface area contributed by atoms with Crippen LogP contribution in [0.15, 0.2) is 48.0 Å². The van der Waals surface area contributed by atoms with Crippen LogP contribution in [0.3, 0.4) is 0 Å². The van der Waals surface area contributed by atoms with E-state index in [1.54, 1.807) is 36.4 Å². The lowest BCUT2D eigenvalue weighted by atomic mass is 10.1. The molecule has 0 atom stereocenters. The Morgan fingerprint density at radius 3 is 2.32 bits per heavy atom. The van der Waals surface area contributed by atoms with Crippen molar-refractivity contribution in [3.05, 3.63) is 58.6 Å². The Morgan fingerprint density at radius 1 is 1.04 bits per heavy atom. The van der Waals surface area contributed by atoms with Crippen LogP contribution in [-0.2, 0) is 9.59 Å². The molecule has 1 heterocycles. The predicted octanol–water partition coefficient (Wildman–Crippen LogP) is 2.82. The van der Waals surface area contributed by atoms with Gasteiger partial charge in [-0.3, -0.25) is 15.0 Å². The van der Waals surface area contributed by atoms with Gasteiger partial charge in [0.25, 0.3) is 11.8 Å². The molecule has 128 valence electrons. The summed E-state index contributed by atoms with van der Waals surface area (Å²) in [6.45, 7) is 0. The number of amides is 2. The van der Waals surface area contributed by atoms with Gasteiger partial charge in [-0.25, -0.2) is 5.01 Å². The van der Waals surface area contributed by atoms with E-state index in [9.17, 15) is 9.59 Å². The molecule has 25 heavy (non-hydrogen) atoms. The second-order valence-corrected chi connectivity index (χ2v) is 5.61. The lowest BCUT2D eigenvalue weighted by molar-refractivity contribution is -0.117. The van der Waals surface area contributed by atoms with Crippen LogP contribution in [0.2, 0.25) is 5.02 Å². The number of hydrazine groups is 1. The number of anilines is 1. The Bertz CT molecular complexity index is 865. The van der Waals surface area contributed by atoms with E-state index in [1.165, 1.54) is 25.3 Å². The smallest absolute Gasteiger partial charge is 0.282 e. The maximum absolute atomic E-state index is 12.6. The molecular formula is C18H15ClN2O4. The van der Waals surface area contributed by atoms with E-state index in [0.29, 0.717) is 27.8 Å². The molecule has 1 fully saturated rings. The normalized spacial score (nSPS) is 15.5. The second kappa shape index (κ2) is 6.86. The van der Waals surface area contributed by atoms with E-state index < -0.39 is 11.8 Å². The highest BCUT2D eigenvalue weighted by atomic mass is 35.5. The third-order valence-electron chi connectivity index (χ3n) is 3.71. The summed E-state index contributed by atoms with van der Waals surface area (Å²) in [7, 11) is 2.99. The Kier molecular flexibility index (Phi) is 4.63. The van der Waals surface area contributed by atoms with Gasteiger partial charge in [0.2, 0.25) is 0 Å². The van der Waals surface area contributed by atoms with E-state index in [2.05, 4.69) is 5.43 Å². The summed E-state index contributed by atoms with van der Waals surface area (Å²) in [5.41, 5.74) is 3.57. The molecule has 3 rings (SSSR count). The van der Waals surface area contributed by atoms with Crippen LogP contribution in [0.1, 0.15) is 5.56 Å². The fourth-order valence-electron chi connectivity index (χ4n) is 2.45. The summed E-state index contributed by atoms with van der Waals surface area (Å²) in [6.07, 6.45) is 1.44. The first-order valence-corrected chi connectivity index (χ1v) is 7.76. The van der Waals surface area contributed by atoms with Gasteiger partial charge in [0.1, 0.15) is 5.57 Å². The maximum Gasteiger partial charge on any atom is 0.282 e. The fourth-order valence-corrected chi connectivity index (χ4v) is 2.66. The topological polar surface area (TPSA) is 67.9 Å². The predicted molar refractivity (Wildman–Crippen MR) is 94.6 cm³/mol. The van der Waals surface area contributed by atoms with E-state index in [0.717, 1.165) is 0 Å². The number of nitrogens with one attached hydrogen (secondary N) is 1. The average molecular weight is 359 g/mol. The minimum atomic E-state index is -0.500. The van der Waals surface area contributed by atoms with Crippen molar-refractivity contribution in [3.8, 4) is 11.5 Å². The lowest BCUT2D eigenvalue weighted by Crippen LogP contribution is -2.35. The van der Waals surface area contributed by atoms with Crippen LogP contribution < -0.4 is 19.9 Å². The molecule has 0 unspecified atom stereocenters. The molecule has 0 bridgehead atoms. The summed E-state index contributed by atoms with van der Waals surface area (Å²) in [5, 5.41) is 1.53. The number of para-hydroxylation sites is 1. The zero-order chi connectivity index (χ0) is 18.0. The Labute approximate surface area is 149 Å². The zero-order valence-electron chi connectivity index (χ0n) is 13.6. The third kappa shape index (κ3) is 3.16. The maximum atomic E-state index is 12.6. The SMILES string of the molecule is COc1cc(Cl)c(/C=C2/C(=O)NN(c3ccccc3)C2=O)cc1OC. The van der Waals surface area contributed by atoms with Gasteiger partial charge in [0.15, 0.2) is 11.5 Å². The Balaban J connectivity index is 1.99. The van der Waals surface area contributed by atoms with Crippen LogP contribution in [0.5, 0.6) is 11.5 Å². The van der Waals surface area contributed by atoms with E-state index in [1.807, 2.05) is 6.07 Å². The molecule has 0 aliphatic carbocycles. The van der Waals surface area contributed by atoms with Crippen LogP contribution in [-0.4, -0.2) is 26.0 Å². The molecule has 1 aliphatic heterocycles. The molecular weight excluding hydrogens is 344 g/mol. The third-order valence-corrected chi connectivity index (χ3v) is 4.04. The van der Waals surface area contributed by atoms with Gasteiger partial charge in [-0.2, -0.15) is 0 Å². The molecule has 6 nitrogen and oxygen atoms in total. The lowest BCUT2D eigenvalue weighted by Gasteiger charge is -2.14. The molecule has 1 saturated heterocycles. The summed E-state index contributed by atoms with van der Waals surface area (Å²) >= 11 is 6.23. The minimum absolute atomic E-state index is 0.0158. The molecule has 0 saturated carbocycles. The first-order valence-electron chi connectivity index (χ1n) is 7.39. The van der Waals surface area contributed by atoms with Crippen molar-refractivity contribution < 1.29 is 19.1 Å². The number of rotatable bonds is 4. The summed E-state index contributed by atoms with van der Waals surface area (Å²) in [4.78, 5) is 24.8. The van der Waals surface area contributed by atoms with Crippen LogP contribution in [0, 0.1) is 0 Å². The van der Waals surface area contributed by atoms with Gasteiger partial charge < -0.3 is 9.47 Å². The zero-order valence-corrected chi connectivity index (χ0v) is 14.3. The first-order chi connectivity index (χ1) is 12.0. The van der Waals surface area contributed by atoms with Gasteiger partial charge in [0, 0.05) is 6.07 Å². The molecule has 0 radical (unpaired) electrons. The highest BCUT2D eigenvalue weighted by Gasteiger charge is 2.34. The second-order valence-electron chi connectivity index (χ2n) is 5.20.